The van der Waals surface area contributed by atoms with Crippen molar-refractivity contribution in [3.63, 3.8) is 0 Å². The van der Waals surface area contributed by atoms with E-state index in [1.54, 1.807) is 7.05 Å². The van der Waals surface area contributed by atoms with Crippen molar-refractivity contribution in [2.75, 3.05) is 39.8 Å². The fraction of sp³-hybridized carbons (Fsp3) is 0.786. The third-order valence-electron chi connectivity index (χ3n) is 3.46. The third kappa shape index (κ3) is 6.05. The number of piperidine rings is 1. The van der Waals surface area contributed by atoms with E-state index in [0.717, 1.165) is 25.0 Å². The first kappa shape index (κ1) is 15.0. The van der Waals surface area contributed by atoms with Gasteiger partial charge in [0.15, 0.2) is 5.96 Å². The minimum atomic E-state index is 0.754. The zero-order valence-electron chi connectivity index (χ0n) is 11.9. The van der Waals surface area contributed by atoms with Crippen LogP contribution in [0.1, 0.15) is 26.2 Å². The van der Waals surface area contributed by atoms with Gasteiger partial charge in [0.25, 0.3) is 0 Å². The topological polar surface area (TPSA) is 39.7 Å². The van der Waals surface area contributed by atoms with Crippen LogP contribution in [0.3, 0.4) is 0 Å². The highest BCUT2D eigenvalue weighted by molar-refractivity contribution is 5.79. The lowest BCUT2D eigenvalue weighted by Gasteiger charge is -2.30. The summed E-state index contributed by atoms with van der Waals surface area (Å²) in [5, 5.41) is 6.49. The molecular weight excluding hydrogens is 224 g/mol. The average Bonchev–Trinajstić information content (AvgIpc) is 2.40. The lowest BCUT2D eigenvalue weighted by Crippen LogP contribution is -2.39. The Morgan fingerprint density at radius 3 is 2.72 bits per heavy atom. The van der Waals surface area contributed by atoms with Gasteiger partial charge in [-0.15, -0.1) is 6.58 Å². The summed E-state index contributed by atoms with van der Waals surface area (Å²) in [4.78, 5) is 6.72. The van der Waals surface area contributed by atoms with Crippen molar-refractivity contribution in [3.8, 4) is 0 Å². The molecule has 4 heteroatoms. The van der Waals surface area contributed by atoms with Gasteiger partial charge in [-0.2, -0.15) is 0 Å². The Morgan fingerprint density at radius 2 is 2.11 bits per heavy atom. The summed E-state index contributed by atoms with van der Waals surface area (Å²) in [5.41, 5.74) is 0. The lowest BCUT2D eigenvalue weighted by atomic mass is 9.99. The van der Waals surface area contributed by atoms with E-state index in [1.165, 1.54) is 38.9 Å². The molecule has 1 saturated heterocycles. The number of nitrogens with one attached hydrogen (secondary N) is 2. The number of hydrogen-bond donors (Lipinski definition) is 2. The predicted molar refractivity (Wildman–Crippen MR) is 79.0 cm³/mol. The fourth-order valence-electron chi connectivity index (χ4n) is 2.18. The zero-order valence-corrected chi connectivity index (χ0v) is 11.9. The van der Waals surface area contributed by atoms with Gasteiger partial charge in [0.1, 0.15) is 0 Å². The maximum absolute atomic E-state index is 4.15. The molecule has 18 heavy (non-hydrogen) atoms. The average molecular weight is 252 g/mol. The van der Waals surface area contributed by atoms with E-state index >= 15 is 0 Å². The second-order valence-corrected chi connectivity index (χ2v) is 5.05. The molecule has 1 aliphatic rings. The van der Waals surface area contributed by atoms with E-state index in [0.29, 0.717) is 0 Å². The van der Waals surface area contributed by atoms with Crippen LogP contribution >= 0.6 is 0 Å². The Hall–Kier alpha value is -1.03. The summed E-state index contributed by atoms with van der Waals surface area (Å²) in [6.07, 6.45) is 5.72. The normalized spacial score (nSPS) is 18.7. The Kier molecular flexibility index (Phi) is 7.49. The molecule has 1 heterocycles. The molecule has 0 amide bonds. The van der Waals surface area contributed by atoms with Gasteiger partial charge in [-0.05, 0) is 44.8 Å². The molecule has 0 aromatic carbocycles. The van der Waals surface area contributed by atoms with E-state index in [1.807, 2.05) is 6.08 Å². The summed E-state index contributed by atoms with van der Waals surface area (Å²) < 4.78 is 0. The Bertz CT molecular complexity index is 255. The molecule has 0 spiro atoms. The molecule has 0 unspecified atom stereocenters. The molecule has 0 bridgehead atoms. The standard InChI is InChI=1S/C14H28N4/c1-4-8-16-14(15-3)17-9-5-10-18-11-6-13(2)7-12-18/h4,13H,1,5-12H2,2-3H3,(H2,15,16,17). The Morgan fingerprint density at radius 1 is 1.39 bits per heavy atom. The largest absolute Gasteiger partial charge is 0.356 e. The minimum absolute atomic E-state index is 0.754. The summed E-state index contributed by atoms with van der Waals surface area (Å²) in [5.74, 6) is 1.78. The molecule has 2 N–H and O–H groups in total. The van der Waals surface area contributed by atoms with Crippen LogP contribution in [0.5, 0.6) is 0 Å². The van der Waals surface area contributed by atoms with Gasteiger partial charge in [-0.3, -0.25) is 4.99 Å². The van der Waals surface area contributed by atoms with Crippen molar-refractivity contribution in [1.29, 1.82) is 0 Å². The van der Waals surface area contributed by atoms with E-state index < -0.39 is 0 Å². The molecule has 104 valence electrons. The van der Waals surface area contributed by atoms with Crippen molar-refractivity contribution in [2.24, 2.45) is 10.9 Å². The number of likely N-dealkylation sites (tertiary alicyclic amines) is 1. The molecular formula is C14H28N4. The molecule has 0 aliphatic carbocycles. The van der Waals surface area contributed by atoms with Crippen LogP contribution in [-0.4, -0.2) is 50.6 Å². The molecule has 0 aromatic heterocycles. The maximum Gasteiger partial charge on any atom is 0.191 e. The first-order valence-corrected chi connectivity index (χ1v) is 7.04. The van der Waals surface area contributed by atoms with Crippen LogP contribution < -0.4 is 10.6 Å². The molecule has 0 radical (unpaired) electrons. The minimum Gasteiger partial charge on any atom is -0.356 e. The quantitative estimate of drug-likeness (QED) is 0.325. The van der Waals surface area contributed by atoms with Crippen LogP contribution in [0.2, 0.25) is 0 Å². The van der Waals surface area contributed by atoms with Crippen molar-refractivity contribution >= 4 is 5.96 Å². The summed E-state index contributed by atoms with van der Waals surface area (Å²) in [6.45, 7) is 11.5. The monoisotopic (exact) mass is 252 g/mol. The summed E-state index contributed by atoms with van der Waals surface area (Å²) in [7, 11) is 1.80. The van der Waals surface area contributed by atoms with Gasteiger partial charge >= 0.3 is 0 Å². The van der Waals surface area contributed by atoms with E-state index in [9.17, 15) is 0 Å². The Labute approximate surface area is 112 Å². The van der Waals surface area contributed by atoms with Gasteiger partial charge in [-0.25, -0.2) is 0 Å². The van der Waals surface area contributed by atoms with Crippen LogP contribution in [0.4, 0.5) is 0 Å². The van der Waals surface area contributed by atoms with Gasteiger partial charge in [0.05, 0.1) is 0 Å². The number of hydrogen-bond acceptors (Lipinski definition) is 2. The highest BCUT2D eigenvalue weighted by Crippen LogP contribution is 2.15. The molecule has 1 aliphatic heterocycles. The van der Waals surface area contributed by atoms with Crippen molar-refractivity contribution in [3.05, 3.63) is 12.7 Å². The maximum atomic E-state index is 4.15. The summed E-state index contributed by atoms with van der Waals surface area (Å²) in [6, 6.07) is 0. The van der Waals surface area contributed by atoms with Crippen LogP contribution in [0.15, 0.2) is 17.6 Å². The molecule has 0 aromatic rings. The number of rotatable bonds is 6. The molecule has 1 fully saturated rings. The smallest absolute Gasteiger partial charge is 0.191 e. The summed E-state index contributed by atoms with van der Waals surface area (Å²) >= 11 is 0. The second kappa shape index (κ2) is 8.97. The number of guanidine groups is 1. The highest BCUT2D eigenvalue weighted by atomic mass is 15.2. The van der Waals surface area contributed by atoms with Crippen molar-refractivity contribution in [1.82, 2.24) is 15.5 Å². The van der Waals surface area contributed by atoms with Crippen molar-refractivity contribution in [2.45, 2.75) is 26.2 Å². The second-order valence-electron chi connectivity index (χ2n) is 5.05. The van der Waals surface area contributed by atoms with E-state index in [4.69, 9.17) is 0 Å². The van der Waals surface area contributed by atoms with Gasteiger partial charge < -0.3 is 15.5 Å². The molecule has 4 nitrogen and oxygen atoms in total. The van der Waals surface area contributed by atoms with Crippen LogP contribution in [0, 0.1) is 5.92 Å². The molecule has 0 atom stereocenters. The van der Waals surface area contributed by atoms with Crippen LogP contribution in [0.25, 0.3) is 0 Å². The molecule has 0 saturated carbocycles. The van der Waals surface area contributed by atoms with E-state index in [-0.39, 0.29) is 0 Å². The lowest BCUT2D eigenvalue weighted by molar-refractivity contribution is 0.191. The number of aliphatic imine (C=N–C) groups is 1. The number of nitrogens with zero attached hydrogens (tertiary/aromatic N) is 2. The van der Waals surface area contributed by atoms with Gasteiger partial charge in [0, 0.05) is 20.1 Å². The van der Waals surface area contributed by atoms with Crippen molar-refractivity contribution < 1.29 is 0 Å². The van der Waals surface area contributed by atoms with Gasteiger partial charge in [-0.1, -0.05) is 13.0 Å². The molecule has 1 rings (SSSR count). The fourth-order valence-corrected chi connectivity index (χ4v) is 2.18. The first-order valence-electron chi connectivity index (χ1n) is 7.04. The van der Waals surface area contributed by atoms with Crippen LogP contribution in [-0.2, 0) is 0 Å². The first-order chi connectivity index (χ1) is 8.76. The van der Waals surface area contributed by atoms with Gasteiger partial charge in [0.2, 0.25) is 0 Å². The highest BCUT2D eigenvalue weighted by Gasteiger charge is 2.14. The SMILES string of the molecule is C=CCNC(=NC)NCCCN1CCC(C)CC1. The third-order valence-corrected chi connectivity index (χ3v) is 3.46. The Balaban J connectivity index is 2.05. The predicted octanol–water partition coefficient (Wildman–Crippen LogP) is 1.46. The van der Waals surface area contributed by atoms with E-state index in [2.05, 4.69) is 34.0 Å². The zero-order chi connectivity index (χ0) is 13.2.